The maximum Gasteiger partial charge on any atom is 0.138 e. The summed E-state index contributed by atoms with van der Waals surface area (Å²) in [4.78, 5) is 0. The van der Waals surface area contributed by atoms with Gasteiger partial charge in [-0.3, -0.25) is 0 Å². The van der Waals surface area contributed by atoms with Gasteiger partial charge in [-0.15, -0.1) is 0 Å². The van der Waals surface area contributed by atoms with Gasteiger partial charge >= 0.3 is 0 Å². The van der Waals surface area contributed by atoms with Crippen LogP contribution in [0.3, 0.4) is 0 Å². The number of alkyl halides is 1. The predicted molar refractivity (Wildman–Crippen MR) is 47.5 cm³/mol. The molecule has 1 fully saturated rings. The quantitative estimate of drug-likeness (QED) is 0.672. The Balaban J connectivity index is 2.21. The molecule has 0 atom stereocenters. The van der Waals surface area contributed by atoms with E-state index >= 15 is 0 Å². The van der Waals surface area contributed by atoms with Gasteiger partial charge in [0.25, 0.3) is 0 Å². The second-order valence-corrected chi connectivity index (χ2v) is 3.71. The Morgan fingerprint density at radius 3 is 2.71 bits per heavy atom. The van der Waals surface area contributed by atoms with Crippen LogP contribution in [-0.2, 0) is 5.67 Å². The van der Waals surface area contributed by atoms with Crippen LogP contribution in [0.2, 0.25) is 0 Å². The Hall–Kier alpha value is -1.43. The van der Waals surface area contributed by atoms with Crippen LogP contribution in [0.1, 0.15) is 18.4 Å². The van der Waals surface area contributed by atoms with Crippen LogP contribution >= 0.6 is 0 Å². The summed E-state index contributed by atoms with van der Waals surface area (Å²) in [5.74, 6) is -0.650. The molecule has 0 N–H and O–H groups in total. The van der Waals surface area contributed by atoms with Crippen LogP contribution < -0.4 is 0 Å². The van der Waals surface area contributed by atoms with E-state index in [0.29, 0.717) is 5.56 Å². The molecule has 0 radical (unpaired) electrons. The minimum Gasteiger partial charge on any atom is -0.239 e. The summed E-state index contributed by atoms with van der Waals surface area (Å²) in [6.45, 7) is 0. The minimum absolute atomic E-state index is 0.187. The van der Waals surface area contributed by atoms with Crippen molar-refractivity contribution >= 4 is 0 Å². The average molecular weight is 193 g/mol. The number of rotatable bonds is 1. The zero-order valence-corrected chi connectivity index (χ0v) is 7.50. The fourth-order valence-electron chi connectivity index (χ4n) is 1.82. The Morgan fingerprint density at radius 1 is 1.43 bits per heavy atom. The molecular formula is C11H9F2N. The molecule has 0 aromatic heterocycles. The smallest absolute Gasteiger partial charge is 0.138 e. The number of benzene rings is 1. The van der Waals surface area contributed by atoms with Crippen LogP contribution in [0.4, 0.5) is 8.78 Å². The number of hydrogen-bond acceptors (Lipinski definition) is 1. The molecule has 0 aliphatic heterocycles. The molecule has 0 saturated heterocycles. The lowest BCUT2D eigenvalue weighted by molar-refractivity contribution is 0.0269. The van der Waals surface area contributed by atoms with E-state index in [4.69, 9.17) is 5.26 Å². The highest BCUT2D eigenvalue weighted by Crippen LogP contribution is 2.48. The first-order valence-electron chi connectivity index (χ1n) is 4.49. The molecule has 1 aromatic rings. The molecular weight excluding hydrogens is 184 g/mol. The summed E-state index contributed by atoms with van der Waals surface area (Å²) in [6, 6.07) is 7.55. The topological polar surface area (TPSA) is 23.8 Å². The largest absolute Gasteiger partial charge is 0.239 e. The van der Waals surface area contributed by atoms with E-state index < -0.39 is 11.5 Å². The summed E-state index contributed by atoms with van der Waals surface area (Å²) >= 11 is 0. The van der Waals surface area contributed by atoms with Crippen LogP contribution in [0, 0.1) is 23.1 Å². The summed E-state index contributed by atoms with van der Waals surface area (Å²) in [7, 11) is 0. The summed E-state index contributed by atoms with van der Waals surface area (Å²) in [5, 5.41) is 8.53. The Bertz CT molecular complexity index is 389. The SMILES string of the molecule is N#CC1CC(F)(c2cccc(F)c2)C1. The van der Waals surface area contributed by atoms with Gasteiger partial charge in [-0.1, -0.05) is 12.1 Å². The Kier molecular flexibility index (Phi) is 1.99. The lowest BCUT2D eigenvalue weighted by Gasteiger charge is -2.38. The van der Waals surface area contributed by atoms with Crippen LogP contribution in [0.15, 0.2) is 24.3 Å². The van der Waals surface area contributed by atoms with Crippen molar-refractivity contribution in [3.63, 3.8) is 0 Å². The monoisotopic (exact) mass is 193 g/mol. The highest BCUT2D eigenvalue weighted by atomic mass is 19.1. The van der Waals surface area contributed by atoms with Crippen molar-refractivity contribution in [1.82, 2.24) is 0 Å². The van der Waals surface area contributed by atoms with Gasteiger partial charge in [0, 0.05) is 12.8 Å². The molecule has 72 valence electrons. The number of halogens is 2. The van der Waals surface area contributed by atoms with E-state index in [0.717, 1.165) is 0 Å². The van der Waals surface area contributed by atoms with E-state index in [-0.39, 0.29) is 18.8 Å². The molecule has 1 aliphatic carbocycles. The zero-order valence-electron chi connectivity index (χ0n) is 7.50. The van der Waals surface area contributed by atoms with Gasteiger partial charge < -0.3 is 0 Å². The van der Waals surface area contributed by atoms with Crippen molar-refractivity contribution in [1.29, 1.82) is 5.26 Å². The molecule has 0 amide bonds. The standard InChI is InChI=1S/C11H9F2N/c12-10-3-1-2-9(4-10)11(13)5-8(6-11)7-14/h1-4,8H,5-6H2. The summed E-state index contributed by atoms with van der Waals surface area (Å²) in [5.41, 5.74) is -1.13. The van der Waals surface area contributed by atoms with Crippen LogP contribution in [0.5, 0.6) is 0 Å². The third-order valence-corrected chi connectivity index (χ3v) is 2.66. The molecule has 14 heavy (non-hydrogen) atoms. The number of nitriles is 1. The van der Waals surface area contributed by atoms with E-state index in [9.17, 15) is 8.78 Å². The van der Waals surface area contributed by atoms with Crippen molar-refractivity contribution in [2.75, 3.05) is 0 Å². The third-order valence-electron chi connectivity index (χ3n) is 2.66. The van der Waals surface area contributed by atoms with E-state index in [1.165, 1.54) is 18.2 Å². The maximum absolute atomic E-state index is 13.9. The maximum atomic E-state index is 13.9. The Morgan fingerprint density at radius 2 is 2.14 bits per heavy atom. The van der Waals surface area contributed by atoms with E-state index in [1.807, 2.05) is 6.07 Å². The Labute approximate surface area is 81.0 Å². The fourth-order valence-corrected chi connectivity index (χ4v) is 1.82. The molecule has 1 aliphatic rings. The molecule has 0 unspecified atom stereocenters. The highest BCUT2D eigenvalue weighted by Gasteiger charge is 2.46. The second kappa shape index (κ2) is 3.06. The second-order valence-electron chi connectivity index (χ2n) is 3.71. The van der Waals surface area contributed by atoms with Crippen molar-refractivity contribution in [3.05, 3.63) is 35.6 Å². The first kappa shape index (κ1) is 9.14. The van der Waals surface area contributed by atoms with Crippen molar-refractivity contribution in [3.8, 4) is 6.07 Å². The molecule has 0 bridgehead atoms. The van der Waals surface area contributed by atoms with Crippen LogP contribution in [-0.4, -0.2) is 0 Å². The molecule has 2 rings (SSSR count). The number of hydrogen-bond donors (Lipinski definition) is 0. The van der Waals surface area contributed by atoms with Gasteiger partial charge in [0.15, 0.2) is 0 Å². The summed E-state index contributed by atoms with van der Waals surface area (Å²) < 4.78 is 26.7. The van der Waals surface area contributed by atoms with Gasteiger partial charge in [-0.2, -0.15) is 5.26 Å². The molecule has 0 heterocycles. The van der Waals surface area contributed by atoms with E-state index in [2.05, 4.69) is 0 Å². The van der Waals surface area contributed by atoms with Crippen molar-refractivity contribution in [2.24, 2.45) is 5.92 Å². The van der Waals surface area contributed by atoms with Gasteiger partial charge in [0.2, 0.25) is 0 Å². The molecule has 0 spiro atoms. The lowest BCUT2D eigenvalue weighted by atomic mass is 9.69. The molecule has 3 heteroatoms. The molecule has 1 aromatic carbocycles. The van der Waals surface area contributed by atoms with Crippen LogP contribution in [0.25, 0.3) is 0 Å². The normalized spacial score (nSPS) is 30.5. The first-order chi connectivity index (χ1) is 6.64. The third kappa shape index (κ3) is 1.37. The van der Waals surface area contributed by atoms with Gasteiger partial charge in [-0.25, -0.2) is 8.78 Å². The first-order valence-corrected chi connectivity index (χ1v) is 4.49. The molecule has 1 nitrogen and oxygen atoms in total. The summed E-state index contributed by atoms with van der Waals surface area (Å²) in [6.07, 6.45) is 0.375. The fraction of sp³-hybridized carbons (Fsp3) is 0.364. The van der Waals surface area contributed by atoms with Gasteiger partial charge in [-0.05, 0) is 17.7 Å². The van der Waals surface area contributed by atoms with Crippen molar-refractivity contribution < 1.29 is 8.78 Å². The predicted octanol–water partition coefficient (Wildman–Crippen LogP) is 2.92. The minimum atomic E-state index is -1.48. The van der Waals surface area contributed by atoms with Gasteiger partial charge in [0.05, 0.1) is 12.0 Å². The average Bonchev–Trinajstić information content (AvgIpc) is 2.13. The highest BCUT2D eigenvalue weighted by molar-refractivity contribution is 5.27. The number of nitrogens with zero attached hydrogens (tertiary/aromatic N) is 1. The zero-order chi connectivity index (χ0) is 10.2. The van der Waals surface area contributed by atoms with Gasteiger partial charge in [0.1, 0.15) is 11.5 Å². The van der Waals surface area contributed by atoms with E-state index in [1.54, 1.807) is 6.07 Å². The molecule has 1 saturated carbocycles. The lowest BCUT2D eigenvalue weighted by Crippen LogP contribution is -2.36. The van der Waals surface area contributed by atoms with Crippen molar-refractivity contribution in [2.45, 2.75) is 18.5 Å².